The second-order valence-electron chi connectivity index (χ2n) is 6.09. The summed E-state index contributed by atoms with van der Waals surface area (Å²) in [5, 5.41) is 15.3. The third-order valence-corrected chi connectivity index (χ3v) is 3.81. The Kier molecular flexibility index (Phi) is 5.59. The molecule has 0 atom stereocenters. The summed E-state index contributed by atoms with van der Waals surface area (Å²) in [5.74, 6) is -1.25. The van der Waals surface area contributed by atoms with E-state index in [2.05, 4.69) is 10.6 Å². The fourth-order valence-corrected chi connectivity index (χ4v) is 2.64. The van der Waals surface area contributed by atoms with Gasteiger partial charge in [0.05, 0.1) is 12.7 Å². The molecule has 0 spiro atoms. The van der Waals surface area contributed by atoms with Crippen LogP contribution in [0.5, 0.6) is 5.75 Å². The number of furan rings is 1. The largest absolute Gasteiger partial charge is 0.508 e. The van der Waals surface area contributed by atoms with Crippen LogP contribution in [0.25, 0.3) is 11.0 Å². The van der Waals surface area contributed by atoms with Gasteiger partial charge in [-0.15, -0.1) is 0 Å². The van der Waals surface area contributed by atoms with Crippen LogP contribution >= 0.6 is 0 Å². The molecular formula is C20H18N2O6. The van der Waals surface area contributed by atoms with Crippen LogP contribution in [0.2, 0.25) is 0 Å². The highest BCUT2D eigenvalue weighted by Gasteiger charge is 2.13. The first-order chi connectivity index (χ1) is 13.4. The highest BCUT2D eigenvalue weighted by Crippen LogP contribution is 2.25. The molecule has 3 N–H and O–H groups in total. The molecule has 0 aliphatic heterocycles. The van der Waals surface area contributed by atoms with E-state index in [0.717, 1.165) is 0 Å². The SMILES string of the molecule is CC(=O)Nc1cccc(NC(=O)COC(=O)Cc2coc3cc(O)ccc23)c1. The number of carbonyl (C=O) groups excluding carboxylic acids is 3. The van der Waals surface area contributed by atoms with Crippen molar-refractivity contribution in [3.8, 4) is 5.75 Å². The molecule has 2 aromatic carbocycles. The van der Waals surface area contributed by atoms with Gasteiger partial charge in [-0.2, -0.15) is 0 Å². The Balaban J connectivity index is 1.52. The quantitative estimate of drug-likeness (QED) is 0.564. The summed E-state index contributed by atoms with van der Waals surface area (Å²) >= 11 is 0. The maximum Gasteiger partial charge on any atom is 0.310 e. The average molecular weight is 382 g/mol. The molecule has 8 heteroatoms. The number of esters is 1. The van der Waals surface area contributed by atoms with Gasteiger partial charge in [-0.1, -0.05) is 6.07 Å². The zero-order valence-corrected chi connectivity index (χ0v) is 15.0. The van der Waals surface area contributed by atoms with E-state index in [9.17, 15) is 19.5 Å². The van der Waals surface area contributed by atoms with Crippen LogP contribution < -0.4 is 10.6 Å². The Hall–Kier alpha value is -3.81. The van der Waals surface area contributed by atoms with Gasteiger partial charge in [0.2, 0.25) is 5.91 Å². The Labute approximate surface area is 160 Å². The van der Waals surface area contributed by atoms with Gasteiger partial charge in [-0.3, -0.25) is 14.4 Å². The number of amides is 2. The normalized spacial score (nSPS) is 10.5. The van der Waals surface area contributed by atoms with Gasteiger partial charge in [0, 0.05) is 35.3 Å². The predicted octanol–water partition coefficient (Wildman–Crippen LogP) is 2.82. The maximum atomic E-state index is 12.0. The second kappa shape index (κ2) is 8.26. The highest BCUT2D eigenvalue weighted by atomic mass is 16.5. The number of rotatable bonds is 6. The first-order valence-corrected chi connectivity index (χ1v) is 8.43. The minimum Gasteiger partial charge on any atom is -0.508 e. The molecule has 0 saturated heterocycles. The van der Waals surface area contributed by atoms with E-state index in [4.69, 9.17) is 9.15 Å². The van der Waals surface area contributed by atoms with Crippen molar-refractivity contribution in [3.05, 3.63) is 54.3 Å². The lowest BCUT2D eigenvalue weighted by Crippen LogP contribution is -2.21. The summed E-state index contributed by atoms with van der Waals surface area (Å²) in [6.07, 6.45) is 1.35. The lowest BCUT2D eigenvalue weighted by molar-refractivity contribution is -0.146. The van der Waals surface area contributed by atoms with Crippen molar-refractivity contribution in [1.29, 1.82) is 0 Å². The number of nitrogens with one attached hydrogen (secondary N) is 2. The van der Waals surface area contributed by atoms with E-state index < -0.39 is 18.5 Å². The van der Waals surface area contributed by atoms with Crippen LogP contribution in [0.3, 0.4) is 0 Å². The van der Waals surface area contributed by atoms with E-state index >= 15 is 0 Å². The Morgan fingerprint density at radius 2 is 1.82 bits per heavy atom. The number of benzene rings is 2. The van der Waals surface area contributed by atoms with E-state index in [1.165, 1.54) is 25.3 Å². The summed E-state index contributed by atoms with van der Waals surface area (Å²) in [4.78, 5) is 35.1. The van der Waals surface area contributed by atoms with E-state index in [0.29, 0.717) is 27.9 Å². The van der Waals surface area contributed by atoms with Gasteiger partial charge in [0.15, 0.2) is 6.61 Å². The molecule has 0 aliphatic rings. The number of fused-ring (bicyclic) bond motifs is 1. The molecule has 3 rings (SSSR count). The number of hydrogen-bond donors (Lipinski definition) is 3. The van der Waals surface area contributed by atoms with Crippen molar-refractivity contribution >= 4 is 40.1 Å². The summed E-state index contributed by atoms with van der Waals surface area (Å²) in [5.41, 5.74) is 2.07. The maximum absolute atomic E-state index is 12.0. The van der Waals surface area contributed by atoms with Gasteiger partial charge < -0.3 is 24.9 Å². The molecular weight excluding hydrogens is 364 g/mol. The lowest BCUT2D eigenvalue weighted by Gasteiger charge is -2.08. The fraction of sp³-hybridized carbons (Fsp3) is 0.150. The van der Waals surface area contributed by atoms with Crippen LogP contribution in [0, 0.1) is 0 Å². The Morgan fingerprint density at radius 1 is 1.07 bits per heavy atom. The molecule has 0 unspecified atom stereocenters. The third kappa shape index (κ3) is 4.88. The minimum absolute atomic E-state index is 0.0650. The second-order valence-corrected chi connectivity index (χ2v) is 6.09. The number of phenolic OH excluding ortho intramolecular Hbond substituents is 1. The molecule has 0 radical (unpaired) electrons. The summed E-state index contributed by atoms with van der Waals surface area (Å²) in [7, 11) is 0. The number of anilines is 2. The average Bonchev–Trinajstić information content (AvgIpc) is 3.01. The third-order valence-electron chi connectivity index (χ3n) is 3.81. The predicted molar refractivity (Wildman–Crippen MR) is 102 cm³/mol. The Bertz CT molecular complexity index is 1040. The van der Waals surface area contributed by atoms with Crippen molar-refractivity contribution in [2.24, 2.45) is 0 Å². The zero-order valence-electron chi connectivity index (χ0n) is 15.0. The van der Waals surface area contributed by atoms with Crippen molar-refractivity contribution < 1.29 is 28.6 Å². The molecule has 0 saturated carbocycles. The first kappa shape index (κ1) is 19.0. The Morgan fingerprint density at radius 3 is 2.57 bits per heavy atom. The topological polar surface area (TPSA) is 118 Å². The molecule has 0 fully saturated rings. The summed E-state index contributed by atoms with van der Waals surface area (Å²) in [6.45, 7) is 0.941. The minimum atomic E-state index is -0.585. The van der Waals surface area contributed by atoms with Crippen molar-refractivity contribution in [2.75, 3.05) is 17.2 Å². The van der Waals surface area contributed by atoms with Crippen LogP contribution in [0.1, 0.15) is 12.5 Å². The fourth-order valence-electron chi connectivity index (χ4n) is 2.64. The molecule has 2 amide bonds. The first-order valence-electron chi connectivity index (χ1n) is 8.43. The van der Waals surface area contributed by atoms with E-state index in [1.54, 1.807) is 30.3 Å². The summed E-state index contributed by atoms with van der Waals surface area (Å²) < 4.78 is 10.3. The molecule has 8 nitrogen and oxygen atoms in total. The van der Waals surface area contributed by atoms with Crippen molar-refractivity contribution in [1.82, 2.24) is 0 Å². The number of aromatic hydroxyl groups is 1. The number of hydrogen-bond acceptors (Lipinski definition) is 6. The van der Waals surface area contributed by atoms with Gasteiger partial charge in [-0.25, -0.2) is 0 Å². The highest BCUT2D eigenvalue weighted by molar-refractivity contribution is 5.95. The number of carbonyl (C=O) groups is 3. The van der Waals surface area contributed by atoms with Crippen molar-refractivity contribution in [3.63, 3.8) is 0 Å². The molecule has 0 bridgehead atoms. The van der Waals surface area contributed by atoms with Crippen molar-refractivity contribution in [2.45, 2.75) is 13.3 Å². The van der Waals surface area contributed by atoms with Crippen LogP contribution in [0.4, 0.5) is 11.4 Å². The smallest absolute Gasteiger partial charge is 0.310 e. The van der Waals surface area contributed by atoms with E-state index in [-0.39, 0.29) is 18.1 Å². The number of phenols is 1. The van der Waals surface area contributed by atoms with Crippen LogP contribution in [-0.4, -0.2) is 29.5 Å². The molecule has 144 valence electrons. The molecule has 0 aliphatic carbocycles. The lowest BCUT2D eigenvalue weighted by atomic mass is 10.1. The van der Waals surface area contributed by atoms with Gasteiger partial charge >= 0.3 is 5.97 Å². The monoisotopic (exact) mass is 382 g/mol. The van der Waals surface area contributed by atoms with Crippen LogP contribution in [0.15, 0.2) is 53.1 Å². The molecule has 28 heavy (non-hydrogen) atoms. The molecule has 1 heterocycles. The van der Waals surface area contributed by atoms with E-state index in [1.807, 2.05) is 0 Å². The molecule has 3 aromatic rings. The zero-order chi connectivity index (χ0) is 20.1. The van der Waals surface area contributed by atoms with Crippen LogP contribution in [-0.2, 0) is 25.5 Å². The standard InChI is InChI=1S/C20H18N2O6/c1-12(23)21-14-3-2-4-15(8-14)22-19(25)11-28-20(26)7-13-10-27-18-9-16(24)5-6-17(13)18/h2-6,8-10,24H,7,11H2,1H3,(H,21,23)(H,22,25). The van der Waals surface area contributed by atoms with Gasteiger partial charge in [-0.05, 0) is 30.3 Å². The van der Waals surface area contributed by atoms with Gasteiger partial charge in [0.25, 0.3) is 5.91 Å². The number of ether oxygens (including phenoxy) is 1. The molecule has 1 aromatic heterocycles. The summed E-state index contributed by atoms with van der Waals surface area (Å²) in [6, 6.07) is 11.2. The van der Waals surface area contributed by atoms with Gasteiger partial charge in [0.1, 0.15) is 11.3 Å².